The molecule has 0 aliphatic carbocycles. The zero-order valence-electron chi connectivity index (χ0n) is 33.9. The average molecular weight is 972 g/mol. The maximum absolute atomic E-state index is 14.5. The maximum atomic E-state index is 14.5. The van der Waals surface area contributed by atoms with Crippen LogP contribution in [-0.2, 0) is 26.5 Å². The van der Waals surface area contributed by atoms with Crippen molar-refractivity contribution in [2.45, 2.75) is 53.8 Å². The third kappa shape index (κ3) is 8.28. The van der Waals surface area contributed by atoms with E-state index in [2.05, 4.69) is 135 Å². The van der Waals surface area contributed by atoms with Gasteiger partial charge < -0.3 is 9.55 Å². The summed E-state index contributed by atoms with van der Waals surface area (Å²) in [6.45, 7) is 16.1. The molecule has 293 valence electrons. The summed E-state index contributed by atoms with van der Waals surface area (Å²) >= 11 is 1.51. The van der Waals surface area contributed by atoms with Crippen molar-refractivity contribution in [3.05, 3.63) is 168 Å². The second-order valence-electron chi connectivity index (χ2n) is 16.3. The zero-order valence-corrected chi connectivity index (χ0v) is 38.2. The van der Waals surface area contributed by atoms with E-state index >= 15 is 0 Å². The topological polar surface area (TPSA) is 30.7 Å². The monoisotopic (exact) mass is 972 g/mol. The van der Waals surface area contributed by atoms with Gasteiger partial charge in [-0.2, -0.15) is 0 Å². The molecule has 0 amide bonds. The molecule has 0 saturated heterocycles. The molecular weight excluding hydrogens is 926 g/mol. The number of aryl methyl sites for hydroxylation is 2. The molecule has 0 fully saturated rings. The largest absolute Gasteiger partial charge is 0.333 e. The van der Waals surface area contributed by atoms with Gasteiger partial charge in [0.05, 0.1) is 24.9 Å². The van der Waals surface area contributed by atoms with Gasteiger partial charge >= 0.3 is 0 Å². The minimum Gasteiger partial charge on any atom is -0.333 e. The van der Waals surface area contributed by atoms with Crippen molar-refractivity contribution in [1.29, 1.82) is 0 Å². The molecule has 0 N–H and O–H groups in total. The van der Waals surface area contributed by atoms with E-state index in [4.69, 9.17) is 4.98 Å². The summed E-state index contributed by atoms with van der Waals surface area (Å²) in [4.78, 5) is 9.77. The van der Waals surface area contributed by atoms with Gasteiger partial charge in [-0.25, -0.2) is 4.39 Å². The van der Waals surface area contributed by atoms with Gasteiger partial charge in [-0.05, 0) is 95.0 Å². The van der Waals surface area contributed by atoms with Gasteiger partial charge in [-0.1, -0.05) is 127 Å². The van der Waals surface area contributed by atoms with Crippen molar-refractivity contribution in [1.82, 2.24) is 14.5 Å². The number of hydrogen-bond acceptors (Lipinski definition) is 3. The van der Waals surface area contributed by atoms with Gasteiger partial charge in [0.2, 0.25) is 0 Å². The maximum Gasteiger partial charge on any atom is 0.130 e. The van der Waals surface area contributed by atoms with Gasteiger partial charge in [-0.15, -0.1) is 41.3 Å². The molecule has 3 heterocycles. The number of hydrogen-bond donors (Lipinski definition) is 0. The summed E-state index contributed by atoms with van der Waals surface area (Å²) in [5.41, 5.74) is 12.5. The number of thiophene rings is 1. The number of benzene rings is 6. The fourth-order valence-electron chi connectivity index (χ4n) is 7.94. The number of imidazole rings is 1. The van der Waals surface area contributed by atoms with Gasteiger partial charge in [-0.3, -0.25) is 16.3 Å². The Morgan fingerprint density at radius 2 is 1.52 bits per heavy atom. The van der Waals surface area contributed by atoms with Crippen LogP contribution in [0, 0.1) is 37.0 Å². The quantitative estimate of drug-likeness (QED) is 0.118. The minimum absolute atomic E-state index is 0. The van der Waals surface area contributed by atoms with E-state index in [0.29, 0.717) is 11.3 Å². The molecule has 0 saturated carbocycles. The zero-order chi connectivity index (χ0) is 39.8. The first-order valence-electron chi connectivity index (χ1n) is 19.6. The first kappa shape index (κ1) is 41.1. The van der Waals surface area contributed by atoms with E-state index in [1.54, 1.807) is 6.07 Å². The van der Waals surface area contributed by atoms with Crippen molar-refractivity contribution in [3.8, 4) is 39.5 Å². The Morgan fingerprint density at radius 1 is 0.793 bits per heavy atom. The summed E-state index contributed by atoms with van der Waals surface area (Å²) in [6, 6.07) is 46.1. The third-order valence-electron chi connectivity index (χ3n) is 10.5. The van der Waals surface area contributed by atoms with Gasteiger partial charge in [0.1, 0.15) is 5.82 Å². The van der Waals surface area contributed by atoms with E-state index < -0.39 is 8.07 Å². The second kappa shape index (κ2) is 17.0. The second-order valence-corrected chi connectivity index (χ2v) is 22.2. The van der Waals surface area contributed by atoms with Crippen LogP contribution in [0.15, 0.2) is 134 Å². The first-order chi connectivity index (χ1) is 27.5. The van der Waals surface area contributed by atoms with Crippen molar-refractivity contribution < 1.29 is 24.5 Å². The molecule has 9 rings (SSSR count). The predicted molar refractivity (Wildman–Crippen MR) is 243 cm³/mol. The summed E-state index contributed by atoms with van der Waals surface area (Å²) in [5.74, 6) is 1.31. The van der Waals surface area contributed by atoms with Crippen LogP contribution in [0.3, 0.4) is 0 Å². The summed E-state index contributed by atoms with van der Waals surface area (Å²) in [7, 11) is -1.34. The summed E-state index contributed by atoms with van der Waals surface area (Å²) < 4.78 is 17.7. The van der Waals surface area contributed by atoms with E-state index in [1.165, 1.54) is 50.4 Å². The Balaban J connectivity index is 0.000000208. The molecule has 0 aliphatic rings. The van der Waals surface area contributed by atoms with Crippen LogP contribution in [0.2, 0.25) is 19.6 Å². The third-order valence-corrected chi connectivity index (χ3v) is 13.4. The van der Waals surface area contributed by atoms with Crippen LogP contribution in [0.1, 0.15) is 30.5 Å². The Hall–Kier alpha value is -5.04. The standard InChI is InChI=1S/C33H22FN2S.C18H24NSi.Ir/c1-20-15-24(16-21(2)32(20)22-9-4-3-5-10-22)36-30-14-7-6-13-29(30)35-33(36)27-19-37-31-18-25-23(17-26(27)31)11-8-12-28(25)34;1-14(2)11-16-12-17(15-9-7-6-8-10-15)19-13-18(16)20(3,4)5;/h3-18H,1-2H3;6-9,12-14H,11H2,1-5H3;/q2*-1;. The number of nitrogens with zero attached hydrogens (tertiary/aromatic N) is 3. The molecule has 3 aromatic heterocycles. The number of fused-ring (bicyclic) bond motifs is 3. The summed E-state index contributed by atoms with van der Waals surface area (Å²) in [5, 5.41) is 7.53. The van der Waals surface area contributed by atoms with E-state index in [0.717, 1.165) is 61.3 Å². The predicted octanol–water partition coefficient (Wildman–Crippen LogP) is 13.6. The normalized spacial score (nSPS) is 11.5. The Labute approximate surface area is 360 Å². The van der Waals surface area contributed by atoms with Crippen LogP contribution in [0.25, 0.3) is 71.4 Å². The molecule has 0 atom stereocenters. The van der Waals surface area contributed by atoms with Crippen molar-refractivity contribution in [2.24, 2.45) is 5.92 Å². The Morgan fingerprint density at radius 3 is 2.22 bits per heavy atom. The van der Waals surface area contributed by atoms with Crippen molar-refractivity contribution >= 4 is 56.5 Å². The molecule has 9 aromatic rings. The fraction of sp³-hybridized carbons (Fsp3) is 0.176. The van der Waals surface area contributed by atoms with Crippen LogP contribution in [0.5, 0.6) is 0 Å². The molecule has 0 aliphatic heterocycles. The molecule has 6 aromatic carbocycles. The SMILES string of the molecule is CC(C)Cc1cc(-c2[c-]cccc2)ncc1[Si](C)(C)C.Cc1cc(-n2c(-c3[c-]sc4cc5c(F)cccc5cc34)nc3ccccc32)cc(C)c1-c1ccccc1.[Ir]. The number of rotatable bonds is 7. The molecule has 7 heteroatoms. The first-order valence-corrected chi connectivity index (χ1v) is 23.9. The number of aromatic nitrogens is 3. The molecule has 0 unspecified atom stereocenters. The van der Waals surface area contributed by atoms with Gasteiger partial charge in [0.25, 0.3) is 0 Å². The molecule has 3 nitrogen and oxygen atoms in total. The molecule has 58 heavy (non-hydrogen) atoms. The molecular formula is C51H46FIrN3SSi-2. The molecule has 1 radical (unpaired) electrons. The van der Waals surface area contributed by atoms with Crippen LogP contribution in [0.4, 0.5) is 4.39 Å². The Kier molecular flexibility index (Phi) is 12.1. The minimum atomic E-state index is -1.34. The van der Waals surface area contributed by atoms with E-state index in [-0.39, 0.29) is 25.9 Å². The van der Waals surface area contributed by atoms with Crippen LogP contribution >= 0.6 is 11.3 Å². The number of para-hydroxylation sites is 2. The fourth-order valence-corrected chi connectivity index (χ4v) is 10.4. The number of pyridine rings is 1. The smallest absolute Gasteiger partial charge is 0.130 e. The van der Waals surface area contributed by atoms with Crippen molar-refractivity contribution in [3.63, 3.8) is 0 Å². The van der Waals surface area contributed by atoms with Crippen molar-refractivity contribution in [2.75, 3.05) is 0 Å². The molecule has 0 bridgehead atoms. The summed E-state index contributed by atoms with van der Waals surface area (Å²) in [6.07, 6.45) is 3.24. The van der Waals surface area contributed by atoms with Crippen LogP contribution in [-0.4, -0.2) is 22.6 Å². The van der Waals surface area contributed by atoms with Gasteiger partial charge in [0.15, 0.2) is 0 Å². The Bertz CT molecular complexity index is 2850. The van der Waals surface area contributed by atoms with Gasteiger partial charge in [0, 0.05) is 37.4 Å². The number of halogens is 1. The van der Waals surface area contributed by atoms with Crippen LogP contribution < -0.4 is 5.19 Å². The molecule has 0 spiro atoms. The average Bonchev–Trinajstić information content (AvgIpc) is 3.78. The van der Waals surface area contributed by atoms with E-state index in [9.17, 15) is 4.39 Å². The van der Waals surface area contributed by atoms with E-state index in [1.807, 2.05) is 54.6 Å².